The number of fused-ring (bicyclic) bond motifs is 1. The van der Waals surface area contributed by atoms with Crippen LogP contribution in [0.25, 0.3) is 10.1 Å². The first-order valence-electron chi connectivity index (χ1n) is 6.71. The second-order valence-electron chi connectivity index (χ2n) is 4.81. The van der Waals surface area contributed by atoms with Gasteiger partial charge in [-0.05, 0) is 41.1 Å². The molecule has 22 heavy (non-hydrogen) atoms. The molecule has 3 rings (SSSR count). The summed E-state index contributed by atoms with van der Waals surface area (Å²) in [6, 6.07) is 14.7. The topological polar surface area (TPSA) is 43.4 Å². The summed E-state index contributed by atoms with van der Waals surface area (Å²) < 4.78 is 17.9. The number of carbonyl (C=O) groups excluding carboxylic acids is 1. The molecule has 3 aromatic rings. The Morgan fingerprint density at radius 2 is 1.86 bits per heavy atom. The Kier molecular flexibility index (Phi) is 4.36. The van der Waals surface area contributed by atoms with E-state index in [1.165, 1.54) is 4.70 Å². The molecule has 2 aromatic carbocycles. The van der Waals surface area contributed by atoms with Crippen LogP contribution in [0.4, 0.5) is 0 Å². The molecule has 0 aliphatic carbocycles. The van der Waals surface area contributed by atoms with Crippen LogP contribution in [0.3, 0.4) is 0 Å². The van der Waals surface area contributed by atoms with E-state index in [1.807, 2.05) is 23.6 Å². The maximum Gasteiger partial charge on any atom is 0.338 e. The summed E-state index contributed by atoms with van der Waals surface area (Å²) in [4.78, 5) is 12.8. The van der Waals surface area contributed by atoms with Gasteiger partial charge >= 0.3 is 5.97 Å². The van der Waals surface area contributed by atoms with Crippen molar-refractivity contribution < 1.29 is 13.7 Å². The van der Waals surface area contributed by atoms with Gasteiger partial charge in [-0.3, -0.25) is 4.21 Å². The summed E-state index contributed by atoms with van der Waals surface area (Å²) in [6.07, 6.45) is 1.61. The van der Waals surface area contributed by atoms with Gasteiger partial charge in [0.2, 0.25) is 0 Å². The lowest BCUT2D eigenvalue weighted by molar-refractivity contribution is 0.0474. The van der Waals surface area contributed by atoms with E-state index in [1.54, 1.807) is 41.9 Å². The third-order valence-electron chi connectivity index (χ3n) is 3.34. The molecule has 0 aliphatic rings. The Morgan fingerprint density at radius 1 is 1.14 bits per heavy atom. The highest BCUT2D eigenvalue weighted by Gasteiger charge is 2.10. The van der Waals surface area contributed by atoms with Crippen molar-refractivity contribution in [1.82, 2.24) is 0 Å². The number of hydrogen-bond acceptors (Lipinski definition) is 4. The van der Waals surface area contributed by atoms with E-state index in [-0.39, 0.29) is 12.6 Å². The number of benzene rings is 2. The Hall–Kier alpha value is -1.98. The van der Waals surface area contributed by atoms with Crippen LogP contribution < -0.4 is 0 Å². The Bertz CT molecular complexity index is 834. The molecule has 5 heteroatoms. The van der Waals surface area contributed by atoms with Crippen LogP contribution >= 0.6 is 11.3 Å². The van der Waals surface area contributed by atoms with Crippen molar-refractivity contribution in [3.8, 4) is 0 Å². The Balaban J connectivity index is 1.70. The van der Waals surface area contributed by atoms with Gasteiger partial charge in [0, 0.05) is 32.2 Å². The lowest BCUT2D eigenvalue weighted by Gasteiger charge is -2.05. The number of rotatable bonds is 4. The van der Waals surface area contributed by atoms with Crippen LogP contribution in [0.5, 0.6) is 0 Å². The average molecular weight is 330 g/mol. The molecule has 1 aromatic heterocycles. The number of hydrogen-bond donors (Lipinski definition) is 0. The van der Waals surface area contributed by atoms with Crippen molar-refractivity contribution in [3.05, 3.63) is 65.0 Å². The number of thiophene rings is 1. The maximum absolute atomic E-state index is 12.1. The zero-order valence-corrected chi connectivity index (χ0v) is 13.6. The van der Waals surface area contributed by atoms with Gasteiger partial charge in [0.25, 0.3) is 0 Å². The largest absolute Gasteiger partial charge is 0.457 e. The molecule has 0 radical (unpaired) electrons. The fourth-order valence-corrected chi connectivity index (χ4v) is 3.62. The number of esters is 1. The Morgan fingerprint density at radius 3 is 2.59 bits per heavy atom. The maximum atomic E-state index is 12.1. The van der Waals surface area contributed by atoms with Crippen LogP contribution in [0.2, 0.25) is 0 Å². The van der Waals surface area contributed by atoms with E-state index < -0.39 is 10.8 Å². The third kappa shape index (κ3) is 3.10. The Labute approximate surface area is 135 Å². The standard InChI is InChI=1S/C17H14O3S2/c1-22(19)14-8-6-12(7-9-14)17(18)20-10-13-11-21-16-5-3-2-4-15(13)16/h2-9,11H,10H2,1H3. The summed E-state index contributed by atoms with van der Waals surface area (Å²) in [5, 5.41) is 3.14. The molecule has 0 aliphatic heterocycles. The molecular weight excluding hydrogens is 316 g/mol. The second kappa shape index (κ2) is 6.42. The molecular formula is C17H14O3S2. The number of carbonyl (C=O) groups is 1. The molecule has 1 atom stereocenters. The molecule has 0 amide bonds. The molecule has 0 bridgehead atoms. The van der Waals surface area contributed by atoms with Crippen LogP contribution in [-0.4, -0.2) is 16.4 Å². The summed E-state index contributed by atoms with van der Waals surface area (Å²) in [5.74, 6) is -0.372. The SMILES string of the molecule is CS(=O)c1ccc(C(=O)OCc2csc3ccccc23)cc1. The second-order valence-corrected chi connectivity index (χ2v) is 7.10. The summed E-state index contributed by atoms with van der Waals surface area (Å²) >= 11 is 1.64. The summed E-state index contributed by atoms with van der Waals surface area (Å²) in [6.45, 7) is 0.254. The highest BCUT2D eigenvalue weighted by molar-refractivity contribution is 7.84. The van der Waals surface area contributed by atoms with Crippen molar-refractivity contribution in [3.63, 3.8) is 0 Å². The van der Waals surface area contributed by atoms with Gasteiger partial charge in [0.15, 0.2) is 0 Å². The predicted octanol–water partition coefficient (Wildman–Crippen LogP) is 4.00. The highest BCUT2D eigenvalue weighted by atomic mass is 32.2. The summed E-state index contributed by atoms with van der Waals surface area (Å²) in [7, 11) is -1.04. The van der Waals surface area contributed by atoms with Gasteiger partial charge in [0.1, 0.15) is 6.61 Å². The van der Waals surface area contributed by atoms with Crippen LogP contribution in [0.1, 0.15) is 15.9 Å². The smallest absolute Gasteiger partial charge is 0.338 e. The minimum absolute atomic E-state index is 0.254. The quantitative estimate of drug-likeness (QED) is 0.679. The van der Waals surface area contributed by atoms with Crippen molar-refractivity contribution in [2.45, 2.75) is 11.5 Å². The van der Waals surface area contributed by atoms with Crippen LogP contribution in [0, 0.1) is 0 Å². The molecule has 3 nitrogen and oxygen atoms in total. The first kappa shape index (κ1) is 14.9. The van der Waals surface area contributed by atoms with E-state index >= 15 is 0 Å². The van der Waals surface area contributed by atoms with E-state index in [2.05, 4.69) is 6.07 Å². The lowest BCUT2D eigenvalue weighted by atomic mass is 10.2. The molecule has 0 saturated heterocycles. The van der Waals surface area contributed by atoms with Crippen molar-refractivity contribution >= 4 is 38.2 Å². The van der Waals surface area contributed by atoms with Crippen LogP contribution in [-0.2, 0) is 22.1 Å². The van der Waals surface area contributed by atoms with E-state index in [0.717, 1.165) is 10.9 Å². The highest BCUT2D eigenvalue weighted by Crippen LogP contribution is 2.26. The van der Waals surface area contributed by atoms with E-state index in [4.69, 9.17) is 4.74 Å². The van der Waals surface area contributed by atoms with E-state index in [0.29, 0.717) is 10.5 Å². The number of ether oxygens (including phenoxy) is 1. The molecule has 0 fully saturated rings. The van der Waals surface area contributed by atoms with Gasteiger partial charge in [-0.15, -0.1) is 11.3 Å². The minimum Gasteiger partial charge on any atom is -0.457 e. The molecule has 1 heterocycles. The van der Waals surface area contributed by atoms with Crippen molar-refractivity contribution in [2.75, 3.05) is 6.26 Å². The lowest BCUT2D eigenvalue weighted by Crippen LogP contribution is -2.05. The van der Waals surface area contributed by atoms with E-state index in [9.17, 15) is 9.00 Å². The minimum atomic E-state index is -1.04. The third-order valence-corrected chi connectivity index (χ3v) is 5.29. The van der Waals surface area contributed by atoms with Gasteiger partial charge in [-0.1, -0.05) is 18.2 Å². The summed E-state index contributed by atoms with van der Waals surface area (Å²) in [5.41, 5.74) is 1.48. The average Bonchev–Trinajstić information content (AvgIpc) is 2.96. The monoisotopic (exact) mass is 330 g/mol. The normalized spacial score (nSPS) is 12.2. The van der Waals surface area contributed by atoms with Gasteiger partial charge in [0.05, 0.1) is 5.56 Å². The van der Waals surface area contributed by atoms with Crippen LogP contribution in [0.15, 0.2) is 58.8 Å². The fourth-order valence-electron chi connectivity index (χ4n) is 2.15. The molecule has 1 unspecified atom stereocenters. The first-order chi connectivity index (χ1) is 10.6. The predicted molar refractivity (Wildman–Crippen MR) is 89.7 cm³/mol. The van der Waals surface area contributed by atoms with Gasteiger partial charge in [-0.2, -0.15) is 0 Å². The molecule has 0 N–H and O–H groups in total. The fraction of sp³-hybridized carbons (Fsp3) is 0.118. The van der Waals surface area contributed by atoms with Crippen molar-refractivity contribution in [1.29, 1.82) is 0 Å². The molecule has 0 spiro atoms. The van der Waals surface area contributed by atoms with Gasteiger partial charge < -0.3 is 4.74 Å². The molecule has 0 saturated carbocycles. The van der Waals surface area contributed by atoms with Crippen molar-refractivity contribution in [2.24, 2.45) is 0 Å². The zero-order valence-electron chi connectivity index (χ0n) is 11.9. The van der Waals surface area contributed by atoms with Gasteiger partial charge in [-0.25, -0.2) is 4.79 Å². The first-order valence-corrected chi connectivity index (χ1v) is 9.14. The zero-order chi connectivity index (χ0) is 15.5. The molecule has 112 valence electrons.